The van der Waals surface area contributed by atoms with Crippen LogP contribution in [0.25, 0.3) is 0 Å². The average Bonchev–Trinajstić information content (AvgIpc) is 3.03. The third-order valence-corrected chi connectivity index (χ3v) is 4.66. The van der Waals surface area contributed by atoms with Crippen molar-refractivity contribution in [2.75, 3.05) is 29.9 Å². The topological polar surface area (TPSA) is 57.5 Å². The van der Waals surface area contributed by atoms with Crippen LogP contribution in [0.2, 0.25) is 0 Å². The van der Waals surface area contributed by atoms with Crippen LogP contribution in [0.4, 0.5) is 11.4 Å². The highest BCUT2D eigenvalue weighted by Crippen LogP contribution is 2.21. The van der Waals surface area contributed by atoms with E-state index in [1.165, 1.54) is 31.4 Å². The van der Waals surface area contributed by atoms with Gasteiger partial charge in [-0.1, -0.05) is 12.8 Å². The van der Waals surface area contributed by atoms with E-state index >= 15 is 0 Å². The summed E-state index contributed by atoms with van der Waals surface area (Å²) in [5, 5.41) is 6.10. The van der Waals surface area contributed by atoms with Gasteiger partial charge >= 0.3 is 0 Å². The van der Waals surface area contributed by atoms with Crippen molar-refractivity contribution in [2.45, 2.75) is 38.6 Å². The van der Waals surface area contributed by atoms with E-state index in [9.17, 15) is 4.79 Å². The van der Waals surface area contributed by atoms with Gasteiger partial charge in [-0.3, -0.25) is 10.1 Å². The lowest BCUT2D eigenvalue weighted by Crippen LogP contribution is -2.30. The Kier molecular flexibility index (Phi) is 6.12. The van der Waals surface area contributed by atoms with Crippen molar-refractivity contribution in [3.8, 4) is 0 Å². The highest BCUT2D eigenvalue weighted by molar-refractivity contribution is 5.92. The molecule has 0 aliphatic carbocycles. The van der Waals surface area contributed by atoms with Gasteiger partial charge in [0.1, 0.15) is 5.76 Å². The zero-order valence-electron chi connectivity index (χ0n) is 14.8. The van der Waals surface area contributed by atoms with Gasteiger partial charge in [-0.05, 0) is 56.2 Å². The molecule has 5 nitrogen and oxygen atoms in total. The van der Waals surface area contributed by atoms with Crippen LogP contribution >= 0.6 is 0 Å². The molecule has 134 valence electrons. The highest BCUT2D eigenvalue weighted by Gasteiger charge is 2.11. The Morgan fingerprint density at radius 3 is 2.48 bits per heavy atom. The van der Waals surface area contributed by atoms with Gasteiger partial charge < -0.3 is 14.6 Å². The number of hydrogen-bond donors (Lipinski definition) is 2. The molecule has 25 heavy (non-hydrogen) atoms. The number of carbonyl (C=O) groups excluding carboxylic acids is 1. The zero-order valence-corrected chi connectivity index (χ0v) is 14.8. The molecule has 0 bridgehead atoms. The fraction of sp³-hybridized carbons (Fsp3) is 0.450. The lowest BCUT2D eigenvalue weighted by atomic mass is 10.2. The Labute approximate surface area is 149 Å². The third-order valence-electron chi connectivity index (χ3n) is 4.66. The molecule has 1 atom stereocenters. The Morgan fingerprint density at radius 1 is 1.12 bits per heavy atom. The number of nitrogens with zero attached hydrogens (tertiary/aromatic N) is 1. The van der Waals surface area contributed by atoms with Gasteiger partial charge in [-0.25, -0.2) is 0 Å². The molecule has 3 rings (SSSR count). The van der Waals surface area contributed by atoms with Crippen molar-refractivity contribution in [3.63, 3.8) is 0 Å². The second-order valence-electron chi connectivity index (χ2n) is 6.61. The van der Waals surface area contributed by atoms with Crippen LogP contribution < -0.4 is 15.5 Å². The summed E-state index contributed by atoms with van der Waals surface area (Å²) in [6.07, 6.45) is 6.82. The Bertz CT molecular complexity index is 644. The van der Waals surface area contributed by atoms with E-state index < -0.39 is 0 Å². The number of amides is 1. The van der Waals surface area contributed by atoms with E-state index in [1.807, 2.05) is 31.2 Å². The van der Waals surface area contributed by atoms with Crippen LogP contribution in [-0.4, -0.2) is 25.5 Å². The first-order chi connectivity index (χ1) is 12.2. The Balaban J connectivity index is 1.48. The molecule has 2 aromatic rings. The molecule has 1 fully saturated rings. The fourth-order valence-electron chi connectivity index (χ4n) is 3.17. The van der Waals surface area contributed by atoms with Crippen molar-refractivity contribution >= 4 is 17.3 Å². The molecule has 0 spiro atoms. The number of rotatable bonds is 6. The molecule has 1 aliphatic heterocycles. The van der Waals surface area contributed by atoms with Gasteiger partial charge in [-0.15, -0.1) is 0 Å². The Hall–Kier alpha value is -2.27. The number of furan rings is 1. The van der Waals surface area contributed by atoms with Crippen LogP contribution in [-0.2, 0) is 4.79 Å². The molecule has 5 heteroatoms. The van der Waals surface area contributed by atoms with Gasteiger partial charge in [0.05, 0.1) is 18.8 Å². The van der Waals surface area contributed by atoms with Crippen LogP contribution in [0.15, 0.2) is 47.1 Å². The van der Waals surface area contributed by atoms with Crippen LogP contribution in [0.1, 0.15) is 44.4 Å². The standard InChI is InChI=1S/C20H27N3O2/c1-16(19-7-6-14-25-19)21-15-20(24)22-17-8-10-18(11-9-17)23-12-4-2-3-5-13-23/h6-11,14,16,21H,2-5,12-13,15H2,1H3,(H,22,24). The minimum absolute atomic E-state index is 0.00571. The monoisotopic (exact) mass is 341 g/mol. The number of nitrogens with one attached hydrogen (secondary N) is 2. The van der Waals surface area contributed by atoms with Crippen LogP contribution in [0, 0.1) is 0 Å². The molecule has 1 aromatic heterocycles. The summed E-state index contributed by atoms with van der Waals surface area (Å²) in [6.45, 7) is 4.47. The second-order valence-corrected chi connectivity index (χ2v) is 6.61. The first-order valence-corrected chi connectivity index (χ1v) is 9.14. The largest absolute Gasteiger partial charge is 0.468 e. The molecule has 1 saturated heterocycles. The molecular weight excluding hydrogens is 314 g/mol. The summed E-state index contributed by atoms with van der Waals surface area (Å²) >= 11 is 0. The predicted octanol–water partition coefficient (Wildman–Crippen LogP) is 3.95. The SMILES string of the molecule is CC(NCC(=O)Nc1ccc(N2CCCCCC2)cc1)c1ccco1. The number of benzene rings is 1. The molecule has 2 N–H and O–H groups in total. The van der Waals surface area contributed by atoms with Gasteiger partial charge in [0.15, 0.2) is 0 Å². The van der Waals surface area contributed by atoms with E-state index in [1.54, 1.807) is 6.26 Å². The lowest BCUT2D eigenvalue weighted by Gasteiger charge is -2.22. The molecule has 0 saturated carbocycles. The van der Waals surface area contributed by atoms with Gasteiger partial charge in [-0.2, -0.15) is 0 Å². The van der Waals surface area contributed by atoms with E-state index in [0.717, 1.165) is 24.5 Å². The third kappa shape index (κ3) is 5.10. The maximum absolute atomic E-state index is 12.1. The first kappa shape index (κ1) is 17.5. The molecule has 1 unspecified atom stereocenters. The Morgan fingerprint density at radius 2 is 1.84 bits per heavy atom. The summed E-state index contributed by atoms with van der Waals surface area (Å²) < 4.78 is 5.33. The molecule has 1 aromatic carbocycles. The summed E-state index contributed by atoms with van der Waals surface area (Å²) in [5.41, 5.74) is 2.07. The van der Waals surface area contributed by atoms with Crippen molar-refractivity contribution in [3.05, 3.63) is 48.4 Å². The highest BCUT2D eigenvalue weighted by atomic mass is 16.3. The van der Waals surface area contributed by atoms with Crippen molar-refractivity contribution < 1.29 is 9.21 Å². The molecular formula is C20H27N3O2. The van der Waals surface area contributed by atoms with Crippen LogP contribution in [0.5, 0.6) is 0 Å². The number of anilines is 2. The lowest BCUT2D eigenvalue weighted by molar-refractivity contribution is -0.115. The molecule has 0 radical (unpaired) electrons. The van der Waals surface area contributed by atoms with Gasteiger partial charge in [0, 0.05) is 24.5 Å². The van der Waals surface area contributed by atoms with E-state index in [4.69, 9.17) is 4.42 Å². The smallest absolute Gasteiger partial charge is 0.238 e. The molecule has 1 amide bonds. The zero-order chi connectivity index (χ0) is 17.5. The van der Waals surface area contributed by atoms with E-state index in [2.05, 4.69) is 27.7 Å². The van der Waals surface area contributed by atoms with Crippen LogP contribution in [0.3, 0.4) is 0 Å². The second kappa shape index (κ2) is 8.72. The van der Waals surface area contributed by atoms with Crippen molar-refractivity contribution in [2.24, 2.45) is 0 Å². The van der Waals surface area contributed by atoms with E-state index in [-0.39, 0.29) is 18.5 Å². The minimum atomic E-state index is -0.0547. The van der Waals surface area contributed by atoms with E-state index in [0.29, 0.717) is 0 Å². The van der Waals surface area contributed by atoms with Crippen molar-refractivity contribution in [1.29, 1.82) is 0 Å². The normalized spacial score (nSPS) is 16.3. The summed E-state index contributed by atoms with van der Waals surface area (Å²) in [7, 11) is 0. The first-order valence-electron chi connectivity index (χ1n) is 9.14. The average molecular weight is 341 g/mol. The molecule has 2 heterocycles. The molecule has 1 aliphatic rings. The maximum Gasteiger partial charge on any atom is 0.238 e. The maximum atomic E-state index is 12.1. The predicted molar refractivity (Wildman–Crippen MR) is 101 cm³/mol. The quantitative estimate of drug-likeness (QED) is 0.835. The summed E-state index contributed by atoms with van der Waals surface area (Å²) in [5.74, 6) is 0.774. The number of hydrogen-bond acceptors (Lipinski definition) is 4. The summed E-state index contributed by atoms with van der Waals surface area (Å²) in [4.78, 5) is 14.5. The summed E-state index contributed by atoms with van der Waals surface area (Å²) in [6, 6.07) is 11.9. The number of carbonyl (C=O) groups is 1. The van der Waals surface area contributed by atoms with Crippen molar-refractivity contribution in [1.82, 2.24) is 5.32 Å². The minimum Gasteiger partial charge on any atom is -0.468 e. The van der Waals surface area contributed by atoms with Gasteiger partial charge in [0.25, 0.3) is 0 Å². The van der Waals surface area contributed by atoms with Gasteiger partial charge in [0.2, 0.25) is 5.91 Å². The fourth-order valence-corrected chi connectivity index (χ4v) is 3.17.